The van der Waals surface area contributed by atoms with Crippen LogP contribution in [0.5, 0.6) is 0 Å². The molecule has 1 saturated heterocycles. The van der Waals surface area contributed by atoms with Gasteiger partial charge in [-0.1, -0.05) is 19.8 Å². The van der Waals surface area contributed by atoms with Gasteiger partial charge < -0.3 is 13.6 Å². The van der Waals surface area contributed by atoms with Gasteiger partial charge >= 0.3 is 9.17 Å². The van der Waals surface area contributed by atoms with Crippen molar-refractivity contribution in [2.75, 3.05) is 13.2 Å². The van der Waals surface area contributed by atoms with E-state index in [1.807, 2.05) is 0 Å². The molecule has 0 aliphatic carbocycles. The Kier molecular flexibility index (Phi) is 4.24. The summed E-state index contributed by atoms with van der Waals surface area (Å²) in [6.07, 6.45) is 2.95. The van der Waals surface area contributed by atoms with Crippen LogP contribution in [0.25, 0.3) is 0 Å². The van der Waals surface area contributed by atoms with Crippen molar-refractivity contribution in [3.05, 3.63) is 0 Å². The number of hydrogen-bond acceptors (Lipinski definition) is 4. The van der Waals surface area contributed by atoms with E-state index in [2.05, 4.69) is 6.92 Å². The maximum atomic E-state index is 10.6. The molecule has 1 aliphatic heterocycles. The second kappa shape index (κ2) is 5.26. The van der Waals surface area contributed by atoms with Crippen molar-refractivity contribution < 1.29 is 18.1 Å². The summed E-state index contributed by atoms with van der Waals surface area (Å²) in [6.45, 7) is 3.11. The lowest BCUT2D eigenvalue weighted by Crippen LogP contribution is -2.15. The maximum absolute atomic E-state index is 10.6. The standard InChI is InChI=1S/C7H14O4Si/c1-2-3-4-5-9-7-6-10-12(8)11-7/h7H,2-6H2,1H3. The minimum absolute atomic E-state index is 0.309. The van der Waals surface area contributed by atoms with Gasteiger partial charge in [0.15, 0.2) is 0 Å². The Labute approximate surface area is 73.7 Å². The van der Waals surface area contributed by atoms with E-state index in [0.717, 1.165) is 12.8 Å². The number of unbranched alkanes of at least 4 members (excludes halogenated alkanes) is 2. The summed E-state index contributed by atoms with van der Waals surface area (Å²) in [5.41, 5.74) is 0. The van der Waals surface area contributed by atoms with Crippen LogP contribution in [0.3, 0.4) is 0 Å². The van der Waals surface area contributed by atoms with E-state index in [1.54, 1.807) is 0 Å². The zero-order valence-electron chi connectivity index (χ0n) is 7.25. The quantitative estimate of drug-likeness (QED) is 0.479. The van der Waals surface area contributed by atoms with Crippen LogP contribution in [0.4, 0.5) is 0 Å². The molecule has 0 bridgehead atoms. The third-order valence-corrected chi connectivity index (χ3v) is 2.47. The van der Waals surface area contributed by atoms with Gasteiger partial charge in [0, 0.05) is 0 Å². The Morgan fingerprint density at radius 2 is 2.42 bits per heavy atom. The molecule has 1 unspecified atom stereocenters. The van der Waals surface area contributed by atoms with Crippen LogP contribution >= 0.6 is 0 Å². The van der Waals surface area contributed by atoms with Gasteiger partial charge in [-0.25, -0.2) is 0 Å². The predicted octanol–water partition coefficient (Wildman–Crippen LogP) is 0.981. The van der Waals surface area contributed by atoms with Crippen LogP contribution < -0.4 is 0 Å². The van der Waals surface area contributed by atoms with Crippen LogP contribution in [-0.2, 0) is 18.1 Å². The van der Waals surface area contributed by atoms with Crippen molar-refractivity contribution in [2.24, 2.45) is 0 Å². The molecule has 0 aromatic carbocycles. The van der Waals surface area contributed by atoms with Crippen LogP contribution in [0, 0.1) is 0 Å². The normalized spacial score (nSPS) is 22.1. The molecule has 0 saturated carbocycles. The van der Waals surface area contributed by atoms with Gasteiger partial charge in [-0.2, -0.15) is 0 Å². The van der Waals surface area contributed by atoms with Crippen molar-refractivity contribution in [3.8, 4) is 0 Å². The van der Waals surface area contributed by atoms with Crippen LogP contribution in [0.2, 0.25) is 0 Å². The Morgan fingerprint density at radius 1 is 1.58 bits per heavy atom. The molecule has 1 rings (SSSR count). The van der Waals surface area contributed by atoms with Gasteiger partial charge in [0.05, 0.1) is 6.61 Å². The molecule has 4 nitrogen and oxygen atoms in total. The first-order chi connectivity index (χ1) is 5.83. The van der Waals surface area contributed by atoms with Crippen LogP contribution in [-0.4, -0.2) is 28.7 Å². The first-order valence-corrected chi connectivity index (χ1v) is 5.50. The van der Waals surface area contributed by atoms with E-state index < -0.39 is 15.5 Å². The van der Waals surface area contributed by atoms with Crippen molar-refractivity contribution >= 4 is 9.17 Å². The summed E-state index contributed by atoms with van der Waals surface area (Å²) in [6, 6.07) is 0. The zero-order chi connectivity index (χ0) is 8.81. The molecule has 0 spiro atoms. The zero-order valence-corrected chi connectivity index (χ0v) is 8.25. The summed E-state index contributed by atoms with van der Waals surface area (Å²) in [5.74, 6) is 0. The Hall–Kier alpha value is -0.423. The minimum atomic E-state index is -2.22. The maximum Gasteiger partial charge on any atom is 0.769 e. The van der Waals surface area contributed by atoms with Crippen molar-refractivity contribution in [1.29, 1.82) is 0 Å². The van der Waals surface area contributed by atoms with E-state index in [4.69, 9.17) is 13.6 Å². The topological polar surface area (TPSA) is 44.8 Å². The van der Waals surface area contributed by atoms with Crippen LogP contribution in [0.15, 0.2) is 0 Å². The average Bonchev–Trinajstić information content (AvgIpc) is 2.45. The van der Waals surface area contributed by atoms with Crippen LogP contribution in [0.1, 0.15) is 26.2 Å². The summed E-state index contributed by atoms with van der Waals surface area (Å²) < 4.78 is 25.4. The van der Waals surface area contributed by atoms with Gasteiger partial charge in [-0.05, 0) is 6.42 Å². The average molecular weight is 190 g/mol. The predicted molar refractivity (Wildman–Crippen MR) is 42.7 cm³/mol. The van der Waals surface area contributed by atoms with Gasteiger partial charge in [0.2, 0.25) is 6.29 Å². The SMILES string of the molecule is CCCCCOC1CO[Si](=O)O1. The fourth-order valence-electron chi connectivity index (χ4n) is 0.960. The first kappa shape index (κ1) is 9.66. The molecule has 0 amide bonds. The Bertz CT molecular complexity index is 150. The van der Waals surface area contributed by atoms with E-state index >= 15 is 0 Å². The summed E-state index contributed by atoms with van der Waals surface area (Å²) >= 11 is 0. The lowest BCUT2D eigenvalue weighted by Gasteiger charge is -2.07. The fourth-order valence-corrected chi connectivity index (χ4v) is 1.65. The molecular formula is C7H14O4Si. The van der Waals surface area contributed by atoms with Gasteiger partial charge in [0.25, 0.3) is 0 Å². The number of hydrogen-bond donors (Lipinski definition) is 0. The Balaban J connectivity index is 1.97. The van der Waals surface area contributed by atoms with Gasteiger partial charge in [0.1, 0.15) is 6.61 Å². The third kappa shape index (κ3) is 3.32. The highest BCUT2D eigenvalue weighted by Gasteiger charge is 2.28. The molecular weight excluding hydrogens is 176 g/mol. The highest BCUT2D eigenvalue weighted by atomic mass is 28.3. The van der Waals surface area contributed by atoms with Crippen molar-refractivity contribution in [2.45, 2.75) is 32.5 Å². The van der Waals surface area contributed by atoms with Gasteiger partial charge in [-0.15, -0.1) is 0 Å². The second-order valence-electron chi connectivity index (χ2n) is 2.69. The number of rotatable bonds is 5. The summed E-state index contributed by atoms with van der Waals surface area (Å²) in [7, 11) is -2.22. The highest BCUT2D eigenvalue weighted by Crippen LogP contribution is 2.06. The third-order valence-electron chi connectivity index (χ3n) is 1.62. The van der Waals surface area contributed by atoms with Crippen molar-refractivity contribution in [1.82, 2.24) is 0 Å². The molecule has 0 aromatic heterocycles. The highest BCUT2D eigenvalue weighted by molar-refractivity contribution is 6.26. The fraction of sp³-hybridized carbons (Fsp3) is 1.00. The van der Waals surface area contributed by atoms with E-state index in [9.17, 15) is 4.46 Å². The Morgan fingerprint density at radius 3 is 3.00 bits per heavy atom. The van der Waals surface area contributed by atoms with Gasteiger partial charge in [-0.3, -0.25) is 4.46 Å². The molecule has 12 heavy (non-hydrogen) atoms. The molecule has 1 fully saturated rings. The molecule has 0 radical (unpaired) electrons. The molecule has 1 heterocycles. The molecule has 1 atom stereocenters. The lowest BCUT2D eigenvalue weighted by molar-refractivity contribution is -0.0704. The molecule has 5 heteroatoms. The molecule has 1 aliphatic rings. The van der Waals surface area contributed by atoms with E-state index in [1.165, 1.54) is 6.42 Å². The minimum Gasteiger partial charge on any atom is -0.489 e. The number of ether oxygens (including phenoxy) is 1. The van der Waals surface area contributed by atoms with E-state index in [-0.39, 0.29) is 0 Å². The monoisotopic (exact) mass is 190 g/mol. The lowest BCUT2D eigenvalue weighted by atomic mass is 10.3. The molecule has 0 aromatic rings. The molecule has 0 N–H and O–H groups in total. The smallest absolute Gasteiger partial charge is 0.489 e. The first-order valence-electron chi connectivity index (χ1n) is 4.28. The largest absolute Gasteiger partial charge is 0.769 e. The molecule has 70 valence electrons. The van der Waals surface area contributed by atoms with Crippen molar-refractivity contribution in [3.63, 3.8) is 0 Å². The summed E-state index contributed by atoms with van der Waals surface area (Å²) in [5, 5.41) is 0. The van der Waals surface area contributed by atoms with E-state index in [0.29, 0.717) is 13.2 Å². The second-order valence-corrected chi connectivity index (χ2v) is 3.71. The summed E-state index contributed by atoms with van der Waals surface area (Å²) in [4.78, 5) is 0.